The van der Waals surface area contributed by atoms with Gasteiger partial charge >= 0.3 is 0 Å². The Morgan fingerprint density at radius 3 is 2.72 bits per heavy atom. The molecule has 1 saturated heterocycles. The number of benzene rings is 1. The number of hydrogen-bond donors (Lipinski definition) is 1. The molecule has 0 saturated carbocycles. The van der Waals surface area contributed by atoms with E-state index in [0.29, 0.717) is 26.4 Å². The summed E-state index contributed by atoms with van der Waals surface area (Å²) in [6.45, 7) is 3.32. The van der Waals surface area contributed by atoms with Crippen molar-refractivity contribution >= 4 is 5.91 Å². The second-order valence-corrected chi connectivity index (χ2v) is 6.17. The summed E-state index contributed by atoms with van der Waals surface area (Å²) in [6.07, 6.45) is 1.17. The molecule has 1 aliphatic heterocycles. The Labute approximate surface area is 147 Å². The minimum atomic E-state index is -0.512. The Kier molecular flexibility index (Phi) is 6.22. The van der Waals surface area contributed by atoms with Gasteiger partial charge in [0, 0.05) is 13.1 Å². The van der Waals surface area contributed by atoms with Crippen molar-refractivity contribution in [1.82, 2.24) is 10.2 Å². The van der Waals surface area contributed by atoms with Crippen molar-refractivity contribution in [3.8, 4) is 0 Å². The standard InChI is InChI=1S/C19H24N2O4/c1-21(13-17-7-4-8-24-17)12-16-6-3-2-5-15(16)11-20-19(22)18-14-23-9-10-25-18/h2-8,18H,9-14H2,1H3,(H,20,22)/t18-/m1/s1. The third kappa shape index (κ3) is 5.16. The van der Waals surface area contributed by atoms with Gasteiger partial charge in [0.2, 0.25) is 0 Å². The number of nitrogens with one attached hydrogen (secondary N) is 1. The van der Waals surface area contributed by atoms with Crippen LogP contribution in [0.5, 0.6) is 0 Å². The number of carbonyl (C=O) groups excluding carboxylic acids is 1. The second kappa shape index (κ2) is 8.80. The van der Waals surface area contributed by atoms with Crippen LogP contribution >= 0.6 is 0 Å². The predicted molar refractivity (Wildman–Crippen MR) is 92.7 cm³/mol. The highest BCUT2D eigenvalue weighted by atomic mass is 16.6. The molecule has 0 aliphatic carbocycles. The predicted octanol–water partition coefficient (Wildman–Crippen LogP) is 1.94. The van der Waals surface area contributed by atoms with E-state index in [0.717, 1.165) is 24.4 Å². The zero-order valence-electron chi connectivity index (χ0n) is 14.4. The van der Waals surface area contributed by atoms with E-state index in [2.05, 4.69) is 16.3 Å². The molecule has 1 atom stereocenters. The fraction of sp³-hybridized carbons (Fsp3) is 0.421. The van der Waals surface area contributed by atoms with Crippen molar-refractivity contribution in [2.75, 3.05) is 26.9 Å². The lowest BCUT2D eigenvalue weighted by molar-refractivity contribution is -0.147. The first-order valence-corrected chi connectivity index (χ1v) is 8.47. The Morgan fingerprint density at radius 1 is 1.16 bits per heavy atom. The van der Waals surface area contributed by atoms with Crippen molar-refractivity contribution in [1.29, 1.82) is 0 Å². The molecule has 0 radical (unpaired) electrons. The monoisotopic (exact) mass is 344 g/mol. The maximum absolute atomic E-state index is 12.2. The summed E-state index contributed by atoms with van der Waals surface area (Å²) in [5, 5.41) is 2.95. The van der Waals surface area contributed by atoms with Crippen molar-refractivity contribution in [3.05, 3.63) is 59.5 Å². The summed E-state index contributed by atoms with van der Waals surface area (Å²) in [6, 6.07) is 12.0. The van der Waals surface area contributed by atoms with Crippen LogP contribution in [-0.2, 0) is 33.9 Å². The molecule has 0 unspecified atom stereocenters. The number of hydrogen-bond acceptors (Lipinski definition) is 5. The fourth-order valence-corrected chi connectivity index (χ4v) is 2.83. The zero-order chi connectivity index (χ0) is 17.5. The maximum Gasteiger partial charge on any atom is 0.251 e. The van der Waals surface area contributed by atoms with Crippen molar-refractivity contribution in [2.45, 2.75) is 25.7 Å². The molecular formula is C19H24N2O4. The van der Waals surface area contributed by atoms with Gasteiger partial charge in [0.05, 0.1) is 32.6 Å². The van der Waals surface area contributed by atoms with E-state index in [1.807, 2.05) is 37.4 Å². The number of nitrogens with zero attached hydrogens (tertiary/aromatic N) is 1. The molecule has 134 valence electrons. The maximum atomic E-state index is 12.2. The molecule has 6 nitrogen and oxygen atoms in total. The summed E-state index contributed by atoms with van der Waals surface area (Å²) in [7, 11) is 2.05. The van der Waals surface area contributed by atoms with Crippen LogP contribution in [0.1, 0.15) is 16.9 Å². The van der Waals surface area contributed by atoms with Gasteiger partial charge in [-0.15, -0.1) is 0 Å². The van der Waals surface area contributed by atoms with E-state index in [9.17, 15) is 4.79 Å². The van der Waals surface area contributed by atoms with Crippen LogP contribution in [0.4, 0.5) is 0 Å². The summed E-state index contributed by atoms with van der Waals surface area (Å²) < 4.78 is 16.1. The van der Waals surface area contributed by atoms with Crippen molar-refractivity contribution < 1.29 is 18.7 Å². The van der Waals surface area contributed by atoms with Gasteiger partial charge in [-0.1, -0.05) is 24.3 Å². The molecule has 1 fully saturated rings. The van der Waals surface area contributed by atoms with Crippen LogP contribution in [-0.4, -0.2) is 43.8 Å². The lowest BCUT2D eigenvalue weighted by Crippen LogP contribution is -2.42. The van der Waals surface area contributed by atoms with Crippen LogP contribution in [0.25, 0.3) is 0 Å². The molecule has 0 bridgehead atoms. The minimum Gasteiger partial charge on any atom is -0.468 e. The van der Waals surface area contributed by atoms with Gasteiger partial charge in [-0.25, -0.2) is 0 Å². The summed E-state index contributed by atoms with van der Waals surface area (Å²) >= 11 is 0. The Balaban J connectivity index is 1.55. The van der Waals surface area contributed by atoms with Gasteiger partial charge in [-0.3, -0.25) is 9.69 Å². The van der Waals surface area contributed by atoms with E-state index >= 15 is 0 Å². The summed E-state index contributed by atoms with van der Waals surface area (Å²) in [5.41, 5.74) is 2.27. The number of ether oxygens (including phenoxy) is 2. The first-order chi connectivity index (χ1) is 12.2. The van der Waals surface area contributed by atoms with Crippen LogP contribution < -0.4 is 5.32 Å². The average Bonchev–Trinajstić information content (AvgIpc) is 3.14. The summed E-state index contributed by atoms with van der Waals surface area (Å²) in [5.74, 6) is 0.807. The van der Waals surface area contributed by atoms with Gasteiger partial charge in [-0.05, 0) is 30.3 Å². The third-order valence-corrected chi connectivity index (χ3v) is 4.13. The number of rotatable bonds is 7. The average molecular weight is 344 g/mol. The zero-order valence-corrected chi connectivity index (χ0v) is 14.4. The molecule has 2 aromatic rings. The van der Waals surface area contributed by atoms with E-state index in [4.69, 9.17) is 13.9 Å². The van der Waals surface area contributed by atoms with Crippen LogP contribution in [0, 0.1) is 0 Å². The third-order valence-electron chi connectivity index (χ3n) is 4.13. The van der Waals surface area contributed by atoms with E-state index in [1.54, 1.807) is 6.26 Å². The normalized spacial score (nSPS) is 17.6. The van der Waals surface area contributed by atoms with Crippen molar-refractivity contribution in [3.63, 3.8) is 0 Å². The molecule has 1 aliphatic rings. The molecule has 6 heteroatoms. The highest BCUT2D eigenvalue weighted by Crippen LogP contribution is 2.13. The molecule has 1 aromatic heterocycles. The fourth-order valence-electron chi connectivity index (χ4n) is 2.83. The molecule has 3 rings (SSSR count). The molecule has 25 heavy (non-hydrogen) atoms. The van der Waals surface area contributed by atoms with E-state index < -0.39 is 6.10 Å². The number of amides is 1. The van der Waals surface area contributed by atoms with Crippen LogP contribution in [0.3, 0.4) is 0 Å². The molecule has 1 N–H and O–H groups in total. The largest absolute Gasteiger partial charge is 0.468 e. The van der Waals surface area contributed by atoms with Crippen molar-refractivity contribution in [2.24, 2.45) is 0 Å². The quantitative estimate of drug-likeness (QED) is 0.832. The Morgan fingerprint density at radius 2 is 2.00 bits per heavy atom. The Hall–Kier alpha value is -2.15. The van der Waals surface area contributed by atoms with Gasteiger partial charge in [-0.2, -0.15) is 0 Å². The van der Waals surface area contributed by atoms with Crippen LogP contribution in [0.2, 0.25) is 0 Å². The highest BCUT2D eigenvalue weighted by Gasteiger charge is 2.22. The Bertz CT molecular complexity index is 666. The first-order valence-electron chi connectivity index (χ1n) is 8.47. The smallest absolute Gasteiger partial charge is 0.251 e. The molecular weight excluding hydrogens is 320 g/mol. The lowest BCUT2D eigenvalue weighted by Gasteiger charge is -2.22. The first kappa shape index (κ1) is 17.7. The molecule has 1 amide bonds. The number of carbonyl (C=O) groups is 1. The highest BCUT2D eigenvalue weighted by molar-refractivity contribution is 5.81. The van der Waals surface area contributed by atoms with E-state index in [-0.39, 0.29) is 5.91 Å². The van der Waals surface area contributed by atoms with Gasteiger partial charge in [0.25, 0.3) is 5.91 Å². The van der Waals surface area contributed by atoms with Crippen LogP contribution in [0.15, 0.2) is 47.1 Å². The molecule has 1 aromatic carbocycles. The van der Waals surface area contributed by atoms with Gasteiger partial charge < -0.3 is 19.2 Å². The molecule has 2 heterocycles. The minimum absolute atomic E-state index is 0.126. The second-order valence-electron chi connectivity index (χ2n) is 6.17. The number of furan rings is 1. The van der Waals surface area contributed by atoms with Gasteiger partial charge in [0.1, 0.15) is 5.76 Å². The topological polar surface area (TPSA) is 63.9 Å². The summed E-state index contributed by atoms with van der Waals surface area (Å²) in [4.78, 5) is 14.4. The van der Waals surface area contributed by atoms with E-state index in [1.165, 1.54) is 5.56 Å². The molecule has 0 spiro atoms. The SMILES string of the molecule is CN(Cc1ccco1)Cc1ccccc1CNC(=O)[C@H]1COCCO1. The van der Waals surface area contributed by atoms with Gasteiger partial charge in [0.15, 0.2) is 6.10 Å². The lowest BCUT2D eigenvalue weighted by atomic mass is 10.1.